The lowest BCUT2D eigenvalue weighted by Gasteiger charge is -2.28. The number of hydrogen-bond donors (Lipinski definition) is 0. The Bertz CT molecular complexity index is 5710. The van der Waals surface area contributed by atoms with Gasteiger partial charge in [0, 0.05) is 91.1 Å². The molecule has 508 valence electrons. The van der Waals surface area contributed by atoms with Gasteiger partial charge in [-0.1, -0.05) is 149 Å². The van der Waals surface area contributed by atoms with E-state index in [1.54, 1.807) is 0 Å². The normalized spacial score (nSPS) is 21.1. The monoisotopic (exact) mass is 1390 g/mol. The molecule has 22 heteroatoms. The Labute approximate surface area is 608 Å². The molecule has 0 fully saturated rings. The van der Waals surface area contributed by atoms with Gasteiger partial charge in [0.15, 0.2) is 10.3 Å². The van der Waals surface area contributed by atoms with E-state index in [1.807, 2.05) is 0 Å². The number of carbonyl (C=O) groups is 2. The zero-order valence-electron chi connectivity index (χ0n) is 83.9. The van der Waals surface area contributed by atoms with E-state index in [0.717, 1.165) is 66.0 Å². The largest absolute Gasteiger partial charge is 0.416 e. The summed E-state index contributed by atoms with van der Waals surface area (Å²) >= 11 is 0.848. The number of hydrogen-bond acceptors (Lipinski definition) is 10. The van der Waals surface area contributed by atoms with Gasteiger partial charge in [0.2, 0.25) is 11.8 Å². The molecule has 96 heavy (non-hydrogen) atoms. The number of halogens is 8. The van der Waals surface area contributed by atoms with E-state index in [1.165, 1.54) is 43.3 Å². The second-order valence-corrected chi connectivity index (χ2v) is 22.7. The number of carbonyl (C=O) groups excluding carboxylic acids is 2. The number of amides is 2. The fourth-order valence-electron chi connectivity index (χ4n) is 9.53. The predicted octanol–water partition coefficient (Wildman–Crippen LogP) is 15.0. The summed E-state index contributed by atoms with van der Waals surface area (Å²) < 4.78 is 383. The van der Waals surface area contributed by atoms with E-state index in [9.17, 15) is 59.8 Å². The fourth-order valence-corrected chi connectivity index (χ4v) is 11.2. The summed E-state index contributed by atoms with van der Waals surface area (Å²) in [5.74, 6) is -10.0. The number of aromatic nitrogens is 4. The van der Waals surface area contributed by atoms with Crippen LogP contribution < -0.4 is 11.1 Å². The van der Waals surface area contributed by atoms with Crippen molar-refractivity contribution in [2.75, 3.05) is 52.2 Å². The second-order valence-electron chi connectivity index (χ2n) is 20.9. The molecule has 1 atom stereocenters. The minimum Gasteiger partial charge on any atom is -0.336 e. The molecule has 0 saturated carbocycles. The van der Waals surface area contributed by atoms with Crippen molar-refractivity contribution in [1.82, 2.24) is 38.7 Å². The van der Waals surface area contributed by atoms with Crippen LogP contribution >= 0.6 is 23.5 Å². The van der Waals surface area contributed by atoms with Crippen LogP contribution in [0.3, 0.4) is 0 Å². The van der Waals surface area contributed by atoms with Crippen molar-refractivity contribution in [3.05, 3.63) is 233 Å². The van der Waals surface area contributed by atoms with Gasteiger partial charge in [-0.05, 0) is 169 Å². The molecular weight excluding hydrogens is 1280 g/mol. The van der Waals surface area contributed by atoms with Gasteiger partial charge < -0.3 is 28.7 Å². The lowest BCUT2D eigenvalue weighted by molar-refractivity contribution is -0.138. The molecule has 8 aromatic rings. The number of fused-ring (bicyclic) bond motifs is 2. The molecule has 0 N–H and O–H groups in total. The standard InChI is InChI=1S/2C37H40F4N4O2S/c1-4-43(5-2)18-19-44(22-26-6-10-28(11-7-26)29-12-14-30(15-13-29)37(39,40)41)34(46)23-45-33-21-25(3)20-32(33)35(47)42-36(45)48-24-27-8-16-31(38)17-9-27;1-4-43(5-2)19-20-44(22-29-12-11-28(21-25(29)3)27-13-15-30(16-14-27)37(39,40)41)34(46)23-45-33-8-6-7-32(33)35(47)42-36(45)48-24-26-9-17-31(38)18-10-26/h6-17,25H,4-5,18-24H2,1-3H3;9-18,21H,4-8,19-20,22-24H2,1-3H3/i4D2,5D2,8D,9D,16D,17D,20D2,21D2,23D2,25D;4D2,5D2,9D,10D,11D,12D,13D,14D,15D,16D,17D,18D,21D,23D2. The third-order valence-corrected chi connectivity index (χ3v) is 16.4. The highest BCUT2D eigenvalue weighted by Gasteiger charge is 2.33. The molecule has 0 radical (unpaired) electrons. The first-order chi connectivity index (χ1) is 58.3. The van der Waals surface area contributed by atoms with Crippen molar-refractivity contribution in [3.63, 3.8) is 0 Å². The number of thioether (sulfide) groups is 2. The minimum absolute atomic E-state index is 0.0148. The first-order valence-corrected chi connectivity index (χ1v) is 31.0. The van der Waals surface area contributed by atoms with E-state index >= 15 is 0 Å². The van der Waals surface area contributed by atoms with Gasteiger partial charge in [-0.3, -0.25) is 19.2 Å². The fraction of sp³-hybridized carbons (Fsp3) is 0.378. The van der Waals surface area contributed by atoms with Crippen LogP contribution in [0, 0.1) is 24.5 Å². The summed E-state index contributed by atoms with van der Waals surface area (Å²) in [7, 11) is 0. The number of alkyl halides is 6. The average Bonchev–Trinajstić information content (AvgIpc) is 1.52. The van der Waals surface area contributed by atoms with E-state index in [4.69, 9.17) is 38.4 Å². The molecule has 1 unspecified atom stereocenters. The number of rotatable bonds is 26. The average molecular weight is 1390 g/mol. The molecule has 2 aliphatic rings. The van der Waals surface area contributed by atoms with Gasteiger partial charge in [0.1, 0.15) is 24.6 Å². The molecule has 12 nitrogen and oxygen atoms in total. The van der Waals surface area contributed by atoms with Crippen LogP contribution in [0.25, 0.3) is 22.3 Å². The molecule has 2 amide bonds. The van der Waals surface area contributed by atoms with Crippen LogP contribution in [0.1, 0.15) is 146 Å². The molecule has 0 aliphatic heterocycles. The van der Waals surface area contributed by atoms with Crippen LogP contribution in [0.15, 0.2) is 159 Å². The SMILES string of the molecule is [2H]c1c([2H])c(CSc2nc(=O)c3c(n2C([2H])([2H])C(=O)N(CCN(C([2H])([2H])C)C([2H])([2H])C)Cc2c([2H])c([2H])c(-c4c([2H])c([2H])c(C(F)(F)F)c([2H])c4[2H])c([2H])c2C)CCC3)c([2H])c([2H])c1F.[2H]c1c([2H])c(CSc2nc(=O)c3c(n2C([2H])([2H])C(=O)N(CCN(C([2H])([2H])C)C([2H])([2H])C)Cc2ccc(-c4ccc(C(F)(F)F)cc4)cc2)C([2H])([2H])C([2H])(C)C3([2H])[2H])c([2H])c([2H])c1F. The van der Waals surface area contributed by atoms with E-state index in [0.29, 0.717) is 46.0 Å². The summed E-state index contributed by atoms with van der Waals surface area (Å²) in [5.41, 5.74) is -9.11. The Hall–Kier alpha value is -7.92. The molecule has 2 aliphatic carbocycles. The van der Waals surface area contributed by atoms with Gasteiger partial charge in [-0.25, -0.2) is 8.78 Å². The highest BCUT2D eigenvalue weighted by molar-refractivity contribution is 7.98. The number of benzene rings is 6. The van der Waals surface area contributed by atoms with Crippen molar-refractivity contribution in [2.45, 2.75) is 134 Å². The summed E-state index contributed by atoms with van der Waals surface area (Å²) in [5, 5.41) is -1.32. The maximum Gasteiger partial charge on any atom is 0.416 e. The van der Waals surface area contributed by atoms with Crippen LogP contribution in [0.2, 0.25) is 0 Å². The van der Waals surface area contributed by atoms with Crippen LogP contribution in [0.4, 0.5) is 35.1 Å². The maximum absolute atomic E-state index is 14.9. The van der Waals surface area contributed by atoms with Crippen LogP contribution in [-0.2, 0) is 85.1 Å². The van der Waals surface area contributed by atoms with Gasteiger partial charge in [0.25, 0.3) is 11.1 Å². The van der Waals surface area contributed by atoms with Crippen LogP contribution in [0.5, 0.6) is 0 Å². The molecule has 10 rings (SSSR count). The zero-order chi connectivity index (χ0) is 97.2. The summed E-state index contributed by atoms with van der Waals surface area (Å²) in [4.78, 5) is 67.5. The highest BCUT2D eigenvalue weighted by atomic mass is 32.2. The Morgan fingerprint density at radius 1 is 0.573 bits per heavy atom. The molecular formula is C74H80F8N8O4S2. The lowest BCUT2D eigenvalue weighted by Crippen LogP contribution is -2.40. The number of nitrogens with zero attached hydrogens (tertiary/aromatic N) is 8. The quantitative estimate of drug-likeness (QED) is 0.0295. The first kappa shape index (κ1) is 40.7. The highest BCUT2D eigenvalue weighted by Crippen LogP contribution is 2.35. The molecule has 0 spiro atoms. The summed E-state index contributed by atoms with van der Waals surface area (Å²) in [6, 6.07) is -5.28. The van der Waals surface area contributed by atoms with Crippen molar-refractivity contribution >= 4 is 35.3 Å². The Kier molecular flexibility index (Phi) is 13.9. The van der Waals surface area contributed by atoms with E-state index < -0.39 is 295 Å². The van der Waals surface area contributed by atoms with E-state index in [-0.39, 0.29) is 50.9 Å². The molecule has 0 bridgehead atoms. The van der Waals surface area contributed by atoms with Crippen molar-refractivity contribution < 1.29 is 88.6 Å². The maximum atomic E-state index is 14.9. The van der Waals surface area contributed by atoms with E-state index in [2.05, 4.69) is 9.97 Å². The third-order valence-electron chi connectivity index (χ3n) is 14.5. The van der Waals surface area contributed by atoms with Gasteiger partial charge in [-0.15, -0.1) is 0 Å². The van der Waals surface area contributed by atoms with Gasteiger partial charge >= 0.3 is 12.4 Å². The van der Waals surface area contributed by atoms with Crippen LogP contribution in [-0.4, -0.2) is 103 Å². The van der Waals surface area contributed by atoms with Gasteiger partial charge in [-0.2, -0.15) is 36.3 Å². The Balaban J connectivity index is 0.000000289. The first-order valence-electron chi connectivity index (χ1n) is 45.1. The van der Waals surface area contributed by atoms with Gasteiger partial charge in [0.05, 0.1) is 37.2 Å². The minimum atomic E-state index is -5.32. The number of likely N-dealkylation sites (N-methyl/N-ethyl adjacent to an activating group) is 2. The summed E-state index contributed by atoms with van der Waals surface area (Å²) in [6.45, 7) is -14.2. The Morgan fingerprint density at radius 3 is 1.54 bits per heavy atom. The van der Waals surface area contributed by atoms with Crippen molar-refractivity contribution in [3.8, 4) is 22.3 Å². The third kappa shape index (κ3) is 19.0. The molecule has 2 aromatic heterocycles. The lowest BCUT2D eigenvalue weighted by atomic mass is 9.98. The molecule has 6 aromatic carbocycles. The smallest absolute Gasteiger partial charge is 0.336 e. The molecule has 2 heterocycles. The van der Waals surface area contributed by atoms with Crippen molar-refractivity contribution in [1.29, 1.82) is 0 Å². The summed E-state index contributed by atoms with van der Waals surface area (Å²) in [6.07, 6.45) is -15.8. The molecule has 0 saturated heterocycles. The predicted molar refractivity (Wildman–Crippen MR) is 362 cm³/mol. The van der Waals surface area contributed by atoms with Crippen molar-refractivity contribution in [2.24, 2.45) is 5.89 Å². The Morgan fingerprint density at radius 2 is 1.04 bits per heavy atom. The topological polar surface area (TPSA) is 117 Å². The second kappa shape index (κ2) is 32.9. The zero-order valence-corrected chi connectivity index (χ0v) is 53.6.